The summed E-state index contributed by atoms with van der Waals surface area (Å²) in [5.74, 6) is 0.871. The summed E-state index contributed by atoms with van der Waals surface area (Å²) in [6.07, 6.45) is 5.41. The van der Waals surface area contributed by atoms with Crippen LogP contribution in [0.25, 0.3) is 0 Å². The van der Waals surface area contributed by atoms with Crippen molar-refractivity contribution in [3.05, 3.63) is 16.0 Å². The normalized spacial score (nSPS) is 17.3. The SMILES string of the molecule is Cc1nc(C)c(Br)c(SC2CCCC2)n1. The van der Waals surface area contributed by atoms with Crippen molar-refractivity contribution in [1.29, 1.82) is 0 Å². The average Bonchev–Trinajstić information content (AvgIpc) is 2.66. The van der Waals surface area contributed by atoms with Gasteiger partial charge >= 0.3 is 0 Å². The Balaban J connectivity index is 2.19. The molecule has 4 heteroatoms. The van der Waals surface area contributed by atoms with Crippen molar-refractivity contribution >= 4 is 27.7 Å². The molecule has 0 spiro atoms. The first-order valence-electron chi connectivity index (χ1n) is 5.34. The summed E-state index contributed by atoms with van der Waals surface area (Å²) in [6, 6.07) is 0. The van der Waals surface area contributed by atoms with Crippen LogP contribution in [0, 0.1) is 13.8 Å². The van der Waals surface area contributed by atoms with Crippen LogP contribution in [0.3, 0.4) is 0 Å². The van der Waals surface area contributed by atoms with Crippen LogP contribution < -0.4 is 0 Å². The van der Waals surface area contributed by atoms with Crippen molar-refractivity contribution in [3.63, 3.8) is 0 Å². The molecule has 0 N–H and O–H groups in total. The fourth-order valence-corrected chi connectivity index (χ4v) is 3.69. The standard InChI is InChI=1S/C11H15BrN2S/c1-7-10(12)11(14-8(2)13-7)15-9-5-3-4-6-9/h9H,3-6H2,1-2H3. The van der Waals surface area contributed by atoms with Gasteiger partial charge in [-0.1, -0.05) is 12.8 Å². The Labute approximate surface area is 103 Å². The molecule has 15 heavy (non-hydrogen) atoms. The van der Waals surface area contributed by atoms with Crippen molar-refractivity contribution in [3.8, 4) is 0 Å². The van der Waals surface area contributed by atoms with Crippen molar-refractivity contribution < 1.29 is 0 Å². The Bertz CT molecular complexity index is 362. The number of nitrogens with zero attached hydrogens (tertiary/aromatic N) is 2. The molecule has 0 aromatic carbocycles. The number of thioether (sulfide) groups is 1. The van der Waals surface area contributed by atoms with Crippen LogP contribution in [-0.4, -0.2) is 15.2 Å². The topological polar surface area (TPSA) is 25.8 Å². The Morgan fingerprint density at radius 3 is 2.53 bits per heavy atom. The summed E-state index contributed by atoms with van der Waals surface area (Å²) in [5, 5.41) is 1.88. The molecule has 0 saturated heterocycles. The van der Waals surface area contributed by atoms with Gasteiger partial charge in [-0.15, -0.1) is 11.8 Å². The maximum absolute atomic E-state index is 4.50. The summed E-state index contributed by atoms with van der Waals surface area (Å²) in [6.45, 7) is 3.98. The van der Waals surface area contributed by atoms with E-state index < -0.39 is 0 Å². The fraction of sp³-hybridized carbons (Fsp3) is 0.636. The zero-order valence-electron chi connectivity index (χ0n) is 9.09. The molecule has 1 saturated carbocycles. The molecule has 0 bridgehead atoms. The van der Waals surface area contributed by atoms with Crippen molar-refractivity contribution in [2.24, 2.45) is 0 Å². The van der Waals surface area contributed by atoms with Gasteiger partial charge in [0.05, 0.1) is 10.2 Å². The van der Waals surface area contributed by atoms with Gasteiger partial charge < -0.3 is 0 Å². The third kappa shape index (κ3) is 2.72. The number of hydrogen-bond acceptors (Lipinski definition) is 3. The molecule has 0 aliphatic heterocycles. The summed E-state index contributed by atoms with van der Waals surface area (Å²) >= 11 is 5.48. The lowest BCUT2D eigenvalue weighted by Gasteiger charge is -2.11. The zero-order valence-corrected chi connectivity index (χ0v) is 11.5. The molecular formula is C11H15BrN2S. The maximum Gasteiger partial charge on any atom is 0.126 e. The first-order chi connectivity index (χ1) is 7.16. The minimum atomic E-state index is 0.759. The number of aromatic nitrogens is 2. The van der Waals surface area contributed by atoms with E-state index in [4.69, 9.17) is 0 Å². The lowest BCUT2D eigenvalue weighted by molar-refractivity contribution is 0.880. The smallest absolute Gasteiger partial charge is 0.126 e. The van der Waals surface area contributed by atoms with Gasteiger partial charge in [0.25, 0.3) is 0 Å². The van der Waals surface area contributed by atoms with E-state index in [-0.39, 0.29) is 0 Å². The highest BCUT2D eigenvalue weighted by atomic mass is 79.9. The number of hydrogen-bond donors (Lipinski definition) is 0. The molecular weight excluding hydrogens is 272 g/mol. The molecule has 0 amide bonds. The molecule has 1 aliphatic rings. The zero-order chi connectivity index (χ0) is 10.8. The van der Waals surface area contributed by atoms with Gasteiger partial charge in [0, 0.05) is 5.25 Å². The van der Waals surface area contributed by atoms with E-state index in [2.05, 4.69) is 25.9 Å². The van der Waals surface area contributed by atoms with Crippen molar-refractivity contribution in [2.45, 2.75) is 49.8 Å². The Hall–Kier alpha value is -0.0900. The highest BCUT2D eigenvalue weighted by molar-refractivity contribution is 9.10. The molecule has 2 rings (SSSR count). The first-order valence-corrected chi connectivity index (χ1v) is 7.01. The molecule has 2 nitrogen and oxygen atoms in total. The van der Waals surface area contributed by atoms with Gasteiger partial charge in [0.1, 0.15) is 10.9 Å². The third-order valence-electron chi connectivity index (χ3n) is 2.68. The van der Waals surface area contributed by atoms with Crippen LogP contribution in [0.2, 0.25) is 0 Å². The minimum absolute atomic E-state index is 0.759. The number of aryl methyl sites for hydroxylation is 2. The van der Waals surface area contributed by atoms with E-state index >= 15 is 0 Å². The highest BCUT2D eigenvalue weighted by Gasteiger charge is 2.19. The van der Waals surface area contributed by atoms with Crippen LogP contribution >= 0.6 is 27.7 Å². The van der Waals surface area contributed by atoms with Gasteiger partial charge in [-0.3, -0.25) is 0 Å². The lowest BCUT2D eigenvalue weighted by Crippen LogP contribution is -2.00. The van der Waals surface area contributed by atoms with Gasteiger partial charge in [0.2, 0.25) is 0 Å². The maximum atomic E-state index is 4.50. The molecule has 1 aromatic rings. The van der Waals surface area contributed by atoms with Crippen LogP contribution in [0.4, 0.5) is 0 Å². The molecule has 1 fully saturated rings. The molecule has 1 aliphatic carbocycles. The molecule has 1 heterocycles. The van der Waals surface area contributed by atoms with Gasteiger partial charge in [0.15, 0.2) is 0 Å². The Kier molecular flexibility index (Phi) is 3.67. The van der Waals surface area contributed by atoms with Gasteiger partial charge in [-0.05, 0) is 42.6 Å². The summed E-state index contributed by atoms with van der Waals surface area (Å²) in [7, 11) is 0. The second-order valence-corrected chi connectivity index (χ2v) is 6.08. The fourth-order valence-electron chi connectivity index (χ4n) is 1.91. The van der Waals surface area contributed by atoms with Crippen molar-refractivity contribution in [1.82, 2.24) is 9.97 Å². The van der Waals surface area contributed by atoms with E-state index in [1.165, 1.54) is 25.7 Å². The second kappa shape index (κ2) is 4.83. The molecule has 0 unspecified atom stereocenters. The molecule has 0 atom stereocenters. The van der Waals surface area contributed by atoms with E-state index in [0.29, 0.717) is 0 Å². The lowest BCUT2D eigenvalue weighted by atomic mass is 10.4. The van der Waals surface area contributed by atoms with E-state index in [9.17, 15) is 0 Å². The Morgan fingerprint density at radius 2 is 1.87 bits per heavy atom. The quantitative estimate of drug-likeness (QED) is 0.772. The number of halogens is 1. The van der Waals surface area contributed by atoms with E-state index in [1.807, 2.05) is 25.6 Å². The largest absolute Gasteiger partial charge is 0.237 e. The van der Waals surface area contributed by atoms with E-state index in [0.717, 1.165) is 26.3 Å². The van der Waals surface area contributed by atoms with Crippen LogP contribution in [0.5, 0.6) is 0 Å². The average molecular weight is 287 g/mol. The molecule has 82 valence electrons. The van der Waals surface area contributed by atoms with E-state index in [1.54, 1.807) is 0 Å². The number of rotatable bonds is 2. The second-order valence-electron chi connectivity index (χ2n) is 4.00. The first kappa shape index (κ1) is 11.4. The Morgan fingerprint density at radius 1 is 1.20 bits per heavy atom. The summed E-state index contributed by atoms with van der Waals surface area (Å²) < 4.78 is 1.07. The minimum Gasteiger partial charge on any atom is -0.237 e. The molecule has 0 radical (unpaired) electrons. The molecule has 1 aromatic heterocycles. The predicted octanol–water partition coefficient (Wildman–Crippen LogP) is 3.89. The predicted molar refractivity (Wildman–Crippen MR) is 67.3 cm³/mol. The van der Waals surface area contributed by atoms with Gasteiger partial charge in [-0.25, -0.2) is 9.97 Å². The van der Waals surface area contributed by atoms with Crippen LogP contribution in [0.15, 0.2) is 9.50 Å². The third-order valence-corrected chi connectivity index (χ3v) is 5.21. The summed E-state index contributed by atoms with van der Waals surface area (Å²) in [5.41, 5.74) is 1.04. The van der Waals surface area contributed by atoms with Crippen LogP contribution in [0.1, 0.15) is 37.2 Å². The van der Waals surface area contributed by atoms with Gasteiger partial charge in [-0.2, -0.15) is 0 Å². The van der Waals surface area contributed by atoms with Crippen LogP contribution in [-0.2, 0) is 0 Å². The highest BCUT2D eigenvalue weighted by Crippen LogP contribution is 2.37. The summed E-state index contributed by atoms with van der Waals surface area (Å²) in [4.78, 5) is 8.84. The monoisotopic (exact) mass is 286 g/mol. The van der Waals surface area contributed by atoms with Crippen molar-refractivity contribution in [2.75, 3.05) is 0 Å².